The Morgan fingerprint density at radius 3 is 2.78 bits per heavy atom. The Bertz CT molecular complexity index is 889. The molecule has 1 atom stereocenters. The van der Waals surface area contributed by atoms with E-state index in [9.17, 15) is 4.79 Å². The third kappa shape index (κ3) is 3.27. The molecule has 23 heavy (non-hydrogen) atoms. The number of imidazole rings is 1. The second kappa shape index (κ2) is 6.12. The number of nitrogens with zero attached hydrogens (tertiary/aromatic N) is 2. The summed E-state index contributed by atoms with van der Waals surface area (Å²) in [6, 6.07) is 7.41. The van der Waals surface area contributed by atoms with Crippen molar-refractivity contribution in [1.29, 1.82) is 0 Å². The summed E-state index contributed by atoms with van der Waals surface area (Å²) < 4.78 is 6.37. The number of fused-ring (bicyclic) bond motifs is 1. The number of benzene rings is 1. The molecule has 0 amide bonds. The first-order valence-electron chi connectivity index (χ1n) is 7.23. The van der Waals surface area contributed by atoms with Crippen LogP contribution in [0.1, 0.15) is 40.3 Å². The van der Waals surface area contributed by atoms with E-state index < -0.39 is 6.10 Å². The van der Waals surface area contributed by atoms with E-state index in [0.29, 0.717) is 17.0 Å². The molecule has 0 saturated carbocycles. The zero-order valence-electron chi connectivity index (χ0n) is 13.1. The topological polar surface area (TPSA) is 67.9 Å². The van der Waals surface area contributed by atoms with E-state index >= 15 is 0 Å². The fourth-order valence-corrected chi connectivity index (χ4v) is 2.57. The van der Waals surface area contributed by atoms with Gasteiger partial charge in [0.2, 0.25) is 0 Å². The fourth-order valence-electron chi connectivity index (χ4n) is 2.24. The minimum Gasteiger partial charge on any atom is -0.451 e. The second-order valence-electron chi connectivity index (χ2n) is 5.49. The molecule has 3 aromatic rings. The van der Waals surface area contributed by atoms with Crippen LogP contribution >= 0.6 is 15.9 Å². The average Bonchev–Trinajstić information content (AvgIpc) is 2.93. The number of halogens is 1. The van der Waals surface area contributed by atoms with Gasteiger partial charge in [-0.25, -0.2) is 14.8 Å². The molecule has 5 nitrogen and oxygen atoms in total. The molecule has 0 aliphatic carbocycles. The van der Waals surface area contributed by atoms with Crippen molar-refractivity contribution >= 4 is 33.1 Å². The molecule has 1 unspecified atom stereocenters. The molecule has 118 valence electrons. The van der Waals surface area contributed by atoms with Crippen LogP contribution in [0.25, 0.3) is 11.2 Å². The third-order valence-corrected chi connectivity index (χ3v) is 4.17. The van der Waals surface area contributed by atoms with E-state index in [-0.39, 0.29) is 5.97 Å². The van der Waals surface area contributed by atoms with Crippen LogP contribution in [-0.2, 0) is 4.74 Å². The van der Waals surface area contributed by atoms with E-state index in [4.69, 9.17) is 4.74 Å². The van der Waals surface area contributed by atoms with Crippen molar-refractivity contribution in [2.75, 3.05) is 0 Å². The number of ether oxygens (including phenoxy) is 1. The molecule has 0 aliphatic rings. The Kier molecular flexibility index (Phi) is 4.17. The zero-order chi connectivity index (χ0) is 16.6. The summed E-state index contributed by atoms with van der Waals surface area (Å²) in [4.78, 5) is 24.0. The standard InChI is InChI=1S/C17H16BrN3O2/c1-9-4-5-12(6-10(9)2)17(22)23-11(3)15-20-14-7-13(18)8-19-16(14)21-15/h4-8,11H,1-3H3,(H,19,20,21). The van der Waals surface area contributed by atoms with Crippen molar-refractivity contribution in [3.05, 3.63) is 57.4 Å². The maximum absolute atomic E-state index is 12.3. The molecule has 0 fully saturated rings. The lowest BCUT2D eigenvalue weighted by Gasteiger charge is -2.11. The molecule has 2 heterocycles. The Morgan fingerprint density at radius 1 is 1.26 bits per heavy atom. The van der Waals surface area contributed by atoms with E-state index in [1.165, 1.54) is 0 Å². The van der Waals surface area contributed by atoms with Gasteiger partial charge in [0.1, 0.15) is 5.82 Å². The van der Waals surface area contributed by atoms with E-state index in [1.807, 2.05) is 32.0 Å². The van der Waals surface area contributed by atoms with Crippen LogP contribution in [0.2, 0.25) is 0 Å². The first-order chi connectivity index (χ1) is 10.9. The summed E-state index contributed by atoms with van der Waals surface area (Å²) in [5, 5.41) is 0. The summed E-state index contributed by atoms with van der Waals surface area (Å²) in [5.74, 6) is 0.206. The van der Waals surface area contributed by atoms with Crippen LogP contribution in [0.15, 0.2) is 34.9 Å². The minimum absolute atomic E-state index is 0.366. The van der Waals surface area contributed by atoms with Crippen LogP contribution in [0, 0.1) is 13.8 Å². The number of H-pyrrole nitrogens is 1. The van der Waals surface area contributed by atoms with Crippen LogP contribution < -0.4 is 0 Å². The van der Waals surface area contributed by atoms with Crippen LogP contribution in [0.3, 0.4) is 0 Å². The lowest BCUT2D eigenvalue weighted by atomic mass is 10.1. The second-order valence-corrected chi connectivity index (χ2v) is 6.41. The molecular formula is C17H16BrN3O2. The lowest BCUT2D eigenvalue weighted by molar-refractivity contribution is 0.0322. The summed E-state index contributed by atoms with van der Waals surface area (Å²) in [5.41, 5.74) is 4.13. The van der Waals surface area contributed by atoms with Gasteiger partial charge in [-0.2, -0.15) is 0 Å². The molecule has 2 aromatic heterocycles. The quantitative estimate of drug-likeness (QED) is 0.696. The molecule has 0 aliphatic heterocycles. The zero-order valence-corrected chi connectivity index (χ0v) is 14.6. The van der Waals surface area contributed by atoms with E-state index in [0.717, 1.165) is 21.1 Å². The van der Waals surface area contributed by atoms with Crippen LogP contribution in [0.4, 0.5) is 0 Å². The van der Waals surface area contributed by atoms with Gasteiger partial charge in [0.15, 0.2) is 11.8 Å². The highest BCUT2D eigenvalue weighted by Crippen LogP contribution is 2.21. The van der Waals surface area contributed by atoms with E-state index in [2.05, 4.69) is 30.9 Å². The van der Waals surface area contributed by atoms with Crippen molar-refractivity contribution in [1.82, 2.24) is 15.0 Å². The van der Waals surface area contributed by atoms with E-state index in [1.54, 1.807) is 19.2 Å². The first-order valence-corrected chi connectivity index (χ1v) is 8.03. The van der Waals surface area contributed by atoms with Crippen molar-refractivity contribution in [3.63, 3.8) is 0 Å². The smallest absolute Gasteiger partial charge is 0.338 e. The number of esters is 1. The molecular weight excluding hydrogens is 358 g/mol. The Balaban J connectivity index is 1.80. The highest BCUT2D eigenvalue weighted by molar-refractivity contribution is 9.10. The van der Waals surface area contributed by atoms with Crippen LogP contribution in [0.5, 0.6) is 0 Å². The van der Waals surface area contributed by atoms with Gasteiger partial charge in [-0.3, -0.25) is 0 Å². The predicted octanol–water partition coefficient (Wildman–Crippen LogP) is 4.26. The number of aryl methyl sites for hydroxylation is 2. The number of carbonyl (C=O) groups is 1. The van der Waals surface area contributed by atoms with Gasteiger partial charge in [0, 0.05) is 10.7 Å². The maximum atomic E-state index is 12.3. The summed E-state index contributed by atoms with van der Waals surface area (Å²) in [6.07, 6.45) is 1.19. The predicted molar refractivity (Wildman–Crippen MR) is 91.3 cm³/mol. The summed E-state index contributed by atoms with van der Waals surface area (Å²) >= 11 is 3.37. The number of aromatic nitrogens is 3. The fraction of sp³-hybridized carbons (Fsp3) is 0.235. The lowest BCUT2D eigenvalue weighted by Crippen LogP contribution is -2.10. The number of rotatable bonds is 3. The van der Waals surface area contributed by atoms with Gasteiger partial charge >= 0.3 is 5.97 Å². The van der Waals surface area contributed by atoms with Crippen molar-refractivity contribution in [2.24, 2.45) is 0 Å². The van der Waals surface area contributed by atoms with Gasteiger partial charge < -0.3 is 9.72 Å². The largest absolute Gasteiger partial charge is 0.451 e. The number of pyridine rings is 1. The van der Waals surface area contributed by atoms with Crippen molar-refractivity contribution < 1.29 is 9.53 Å². The Labute approximate surface area is 142 Å². The van der Waals surface area contributed by atoms with Crippen molar-refractivity contribution in [2.45, 2.75) is 26.9 Å². The SMILES string of the molecule is Cc1ccc(C(=O)OC(C)c2nc3ncc(Br)cc3[nH]2)cc1C. The number of hydrogen-bond acceptors (Lipinski definition) is 4. The number of aromatic amines is 1. The molecule has 1 aromatic carbocycles. The molecule has 0 saturated heterocycles. The molecule has 0 bridgehead atoms. The van der Waals surface area contributed by atoms with Crippen molar-refractivity contribution in [3.8, 4) is 0 Å². The Hall–Kier alpha value is -2.21. The number of carbonyl (C=O) groups excluding carboxylic acids is 1. The maximum Gasteiger partial charge on any atom is 0.338 e. The molecule has 0 radical (unpaired) electrons. The summed E-state index contributed by atoms with van der Waals surface area (Å²) in [6.45, 7) is 5.76. The van der Waals surface area contributed by atoms with Gasteiger partial charge in [0.25, 0.3) is 0 Å². The molecule has 0 spiro atoms. The summed E-state index contributed by atoms with van der Waals surface area (Å²) in [7, 11) is 0. The van der Waals surface area contributed by atoms with Crippen LogP contribution in [-0.4, -0.2) is 20.9 Å². The Morgan fingerprint density at radius 2 is 2.04 bits per heavy atom. The van der Waals surface area contributed by atoms with Gasteiger partial charge in [-0.1, -0.05) is 6.07 Å². The average molecular weight is 374 g/mol. The highest BCUT2D eigenvalue weighted by Gasteiger charge is 2.17. The monoisotopic (exact) mass is 373 g/mol. The van der Waals surface area contributed by atoms with Gasteiger partial charge in [0.05, 0.1) is 11.1 Å². The highest BCUT2D eigenvalue weighted by atomic mass is 79.9. The molecule has 1 N–H and O–H groups in total. The number of nitrogens with one attached hydrogen (secondary N) is 1. The third-order valence-electron chi connectivity index (χ3n) is 3.73. The normalized spacial score (nSPS) is 12.3. The number of hydrogen-bond donors (Lipinski definition) is 1. The minimum atomic E-state index is -0.489. The first kappa shape index (κ1) is 15.7. The van der Waals surface area contributed by atoms with Gasteiger partial charge in [-0.05, 0) is 66.0 Å². The van der Waals surface area contributed by atoms with Gasteiger partial charge in [-0.15, -0.1) is 0 Å². The molecule has 6 heteroatoms. The molecule has 3 rings (SSSR count).